The summed E-state index contributed by atoms with van der Waals surface area (Å²) in [7, 11) is 0. The van der Waals surface area contributed by atoms with Crippen molar-refractivity contribution in [3.8, 4) is 0 Å². The van der Waals surface area contributed by atoms with Gasteiger partial charge in [-0.25, -0.2) is 0 Å². The number of carbonyl (C=O) groups is 1. The van der Waals surface area contributed by atoms with Crippen LogP contribution in [0.4, 0.5) is 0 Å². The van der Waals surface area contributed by atoms with Gasteiger partial charge in [0.1, 0.15) is 0 Å². The van der Waals surface area contributed by atoms with Crippen molar-refractivity contribution in [2.24, 2.45) is 0 Å². The minimum absolute atomic E-state index is 0.174. The van der Waals surface area contributed by atoms with Crippen molar-refractivity contribution in [2.45, 2.75) is 33.1 Å². The molecule has 10 heavy (non-hydrogen) atoms. The van der Waals surface area contributed by atoms with Gasteiger partial charge in [-0.3, -0.25) is 4.79 Å². The van der Waals surface area contributed by atoms with Gasteiger partial charge in [-0.15, -0.1) is 0 Å². The molecule has 0 atom stereocenters. The molecule has 58 valence electrons. The second-order valence-corrected chi connectivity index (χ2v) is 2.00. The molecule has 0 saturated heterocycles. The van der Waals surface area contributed by atoms with Crippen LogP contribution in [0.15, 0.2) is 12.3 Å². The van der Waals surface area contributed by atoms with Crippen molar-refractivity contribution >= 4 is 5.97 Å². The van der Waals surface area contributed by atoms with Crippen molar-refractivity contribution in [3.63, 3.8) is 0 Å². The standard InChI is InChI=1S/C8H14O2/c1-3-5-6-7-10-8(9)4-2/h6-7H,3-5H2,1-2H3. The molecule has 0 bridgehead atoms. The summed E-state index contributed by atoms with van der Waals surface area (Å²) in [5.74, 6) is -0.174. The molecule has 0 aliphatic rings. The Morgan fingerprint density at radius 3 is 2.70 bits per heavy atom. The maximum absolute atomic E-state index is 10.5. The normalized spacial score (nSPS) is 10.2. The van der Waals surface area contributed by atoms with Gasteiger partial charge in [0.2, 0.25) is 0 Å². The summed E-state index contributed by atoms with van der Waals surface area (Å²) >= 11 is 0. The first-order chi connectivity index (χ1) is 4.81. The fourth-order valence-electron chi connectivity index (χ4n) is 0.442. The Morgan fingerprint density at radius 1 is 1.50 bits per heavy atom. The lowest BCUT2D eigenvalue weighted by Crippen LogP contribution is -1.94. The Morgan fingerprint density at radius 2 is 2.20 bits per heavy atom. The van der Waals surface area contributed by atoms with Crippen LogP contribution >= 0.6 is 0 Å². The highest BCUT2D eigenvalue weighted by Gasteiger charge is 1.91. The number of esters is 1. The second kappa shape index (κ2) is 6.33. The second-order valence-electron chi connectivity index (χ2n) is 2.00. The van der Waals surface area contributed by atoms with Gasteiger partial charge in [-0.2, -0.15) is 0 Å². The van der Waals surface area contributed by atoms with E-state index >= 15 is 0 Å². The fourth-order valence-corrected chi connectivity index (χ4v) is 0.442. The molecule has 0 aliphatic carbocycles. The van der Waals surface area contributed by atoms with Crippen molar-refractivity contribution in [3.05, 3.63) is 12.3 Å². The quantitative estimate of drug-likeness (QED) is 0.444. The van der Waals surface area contributed by atoms with Crippen LogP contribution in [-0.2, 0) is 9.53 Å². The third kappa shape index (κ3) is 5.35. The van der Waals surface area contributed by atoms with Crippen LogP contribution in [0.2, 0.25) is 0 Å². The highest BCUT2D eigenvalue weighted by molar-refractivity contribution is 5.69. The number of hydrogen-bond donors (Lipinski definition) is 0. The zero-order chi connectivity index (χ0) is 7.82. The molecule has 0 aliphatic heterocycles. The van der Waals surface area contributed by atoms with Gasteiger partial charge in [-0.1, -0.05) is 20.3 Å². The van der Waals surface area contributed by atoms with E-state index < -0.39 is 0 Å². The highest BCUT2D eigenvalue weighted by atomic mass is 16.5. The van der Waals surface area contributed by atoms with E-state index in [0.717, 1.165) is 12.8 Å². The van der Waals surface area contributed by atoms with Gasteiger partial charge in [0.25, 0.3) is 0 Å². The molecule has 0 aromatic carbocycles. The summed E-state index contributed by atoms with van der Waals surface area (Å²) in [6.45, 7) is 3.85. The zero-order valence-corrected chi connectivity index (χ0v) is 6.59. The van der Waals surface area contributed by atoms with Crippen LogP contribution < -0.4 is 0 Å². The minimum Gasteiger partial charge on any atom is -0.435 e. The largest absolute Gasteiger partial charge is 0.435 e. The first-order valence-corrected chi connectivity index (χ1v) is 3.65. The van der Waals surface area contributed by atoms with Crippen LogP contribution in [0.25, 0.3) is 0 Å². The van der Waals surface area contributed by atoms with Gasteiger partial charge in [0.05, 0.1) is 6.26 Å². The van der Waals surface area contributed by atoms with E-state index in [1.54, 1.807) is 6.92 Å². The number of unbranched alkanes of at least 4 members (excludes halogenated alkanes) is 1. The van der Waals surface area contributed by atoms with Gasteiger partial charge in [0.15, 0.2) is 0 Å². The molecule has 0 unspecified atom stereocenters. The fraction of sp³-hybridized carbons (Fsp3) is 0.625. The Bertz CT molecular complexity index is 116. The minimum atomic E-state index is -0.174. The predicted molar refractivity (Wildman–Crippen MR) is 40.4 cm³/mol. The van der Waals surface area contributed by atoms with Crippen LogP contribution in [0.1, 0.15) is 33.1 Å². The number of allylic oxidation sites excluding steroid dienone is 1. The maximum atomic E-state index is 10.5. The molecular formula is C8H14O2. The summed E-state index contributed by atoms with van der Waals surface area (Å²) < 4.78 is 4.67. The lowest BCUT2D eigenvalue weighted by molar-refractivity contribution is -0.137. The third-order valence-electron chi connectivity index (χ3n) is 1.04. The van der Waals surface area contributed by atoms with Gasteiger partial charge >= 0.3 is 5.97 Å². The maximum Gasteiger partial charge on any atom is 0.310 e. The lowest BCUT2D eigenvalue weighted by Gasteiger charge is -1.92. The van der Waals surface area contributed by atoms with Gasteiger partial charge in [-0.05, 0) is 12.5 Å². The Hall–Kier alpha value is -0.790. The van der Waals surface area contributed by atoms with Crippen LogP contribution in [-0.4, -0.2) is 5.97 Å². The molecule has 0 heterocycles. The van der Waals surface area contributed by atoms with Crippen molar-refractivity contribution in [2.75, 3.05) is 0 Å². The molecule has 0 fully saturated rings. The number of rotatable bonds is 4. The van der Waals surface area contributed by atoms with E-state index in [2.05, 4.69) is 11.7 Å². The van der Waals surface area contributed by atoms with Crippen molar-refractivity contribution in [1.29, 1.82) is 0 Å². The van der Waals surface area contributed by atoms with E-state index in [0.29, 0.717) is 6.42 Å². The van der Waals surface area contributed by atoms with Gasteiger partial charge in [0, 0.05) is 6.42 Å². The highest BCUT2D eigenvalue weighted by Crippen LogP contribution is 1.90. The summed E-state index contributed by atoms with van der Waals surface area (Å²) in [5, 5.41) is 0. The average molecular weight is 142 g/mol. The zero-order valence-electron chi connectivity index (χ0n) is 6.59. The smallest absolute Gasteiger partial charge is 0.310 e. The Kier molecular flexibility index (Phi) is 5.83. The molecule has 2 nitrogen and oxygen atoms in total. The average Bonchev–Trinajstić information content (AvgIpc) is 1.98. The van der Waals surface area contributed by atoms with Crippen molar-refractivity contribution in [1.82, 2.24) is 0 Å². The van der Waals surface area contributed by atoms with E-state index in [1.807, 2.05) is 6.08 Å². The summed E-state index contributed by atoms with van der Waals surface area (Å²) in [4.78, 5) is 10.5. The van der Waals surface area contributed by atoms with E-state index in [1.165, 1.54) is 6.26 Å². The molecular weight excluding hydrogens is 128 g/mol. The third-order valence-corrected chi connectivity index (χ3v) is 1.04. The first kappa shape index (κ1) is 9.21. The first-order valence-electron chi connectivity index (χ1n) is 3.65. The molecule has 0 saturated carbocycles. The summed E-state index contributed by atoms with van der Waals surface area (Å²) in [6, 6.07) is 0. The Balaban J connectivity index is 3.25. The SMILES string of the molecule is CCCC=COC(=O)CC. The van der Waals surface area contributed by atoms with Crippen LogP contribution in [0, 0.1) is 0 Å². The molecule has 0 amide bonds. The van der Waals surface area contributed by atoms with Gasteiger partial charge < -0.3 is 4.74 Å². The molecule has 2 heteroatoms. The number of hydrogen-bond acceptors (Lipinski definition) is 2. The summed E-state index contributed by atoms with van der Waals surface area (Å²) in [6.07, 6.45) is 5.82. The monoisotopic (exact) mass is 142 g/mol. The van der Waals surface area contributed by atoms with E-state index in [4.69, 9.17) is 0 Å². The van der Waals surface area contributed by atoms with Crippen molar-refractivity contribution < 1.29 is 9.53 Å². The Labute approximate surface area is 61.9 Å². The topological polar surface area (TPSA) is 26.3 Å². The number of ether oxygens (including phenoxy) is 1. The number of carbonyl (C=O) groups excluding carboxylic acids is 1. The molecule has 0 N–H and O–H groups in total. The summed E-state index contributed by atoms with van der Waals surface area (Å²) in [5.41, 5.74) is 0. The molecule has 0 spiro atoms. The lowest BCUT2D eigenvalue weighted by atomic mass is 10.3. The molecule has 0 aromatic heterocycles. The predicted octanol–water partition coefficient (Wildman–Crippen LogP) is 2.25. The van der Waals surface area contributed by atoms with Crippen LogP contribution in [0.5, 0.6) is 0 Å². The molecule has 0 aromatic rings. The molecule has 0 rings (SSSR count). The van der Waals surface area contributed by atoms with E-state index in [-0.39, 0.29) is 5.97 Å². The van der Waals surface area contributed by atoms with E-state index in [9.17, 15) is 4.79 Å². The van der Waals surface area contributed by atoms with Crippen LogP contribution in [0.3, 0.4) is 0 Å². The molecule has 0 radical (unpaired) electrons.